The molecule has 0 radical (unpaired) electrons. The van der Waals surface area contributed by atoms with E-state index in [0.717, 1.165) is 19.4 Å². The van der Waals surface area contributed by atoms with Crippen LogP contribution in [0.3, 0.4) is 0 Å². The average molecular weight is 429 g/mol. The molecule has 3 atom stereocenters. The lowest BCUT2D eigenvalue weighted by Gasteiger charge is -2.45. The molecule has 3 aliphatic rings. The number of nitrogens with zero attached hydrogens (tertiary/aromatic N) is 5. The Morgan fingerprint density at radius 2 is 2.10 bits per heavy atom. The number of imidazole rings is 1. The molecule has 2 saturated heterocycles. The van der Waals surface area contributed by atoms with Gasteiger partial charge in [-0.25, -0.2) is 15.0 Å². The molecule has 3 fully saturated rings. The van der Waals surface area contributed by atoms with Crippen molar-refractivity contribution in [2.45, 2.75) is 76.3 Å². The van der Waals surface area contributed by atoms with Crippen molar-refractivity contribution < 1.29 is 14.2 Å². The van der Waals surface area contributed by atoms with Gasteiger partial charge in [0.1, 0.15) is 24.1 Å². The Bertz CT molecular complexity index is 985. The Morgan fingerprint density at radius 1 is 1.32 bits per heavy atom. The molecule has 5 rings (SSSR count). The van der Waals surface area contributed by atoms with Gasteiger partial charge in [-0.2, -0.15) is 0 Å². The number of allylic oxidation sites excluding steroid dienone is 1. The second-order valence-corrected chi connectivity index (χ2v) is 9.69. The van der Waals surface area contributed by atoms with E-state index in [1.807, 2.05) is 18.4 Å². The number of nitrogen functional groups attached to an aromatic ring is 1. The van der Waals surface area contributed by atoms with Crippen LogP contribution in [0.2, 0.25) is 0 Å². The molecule has 2 aromatic heterocycles. The minimum absolute atomic E-state index is 0.136. The van der Waals surface area contributed by atoms with Crippen LogP contribution in [0, 0.1) is 5.92 Å². The maximum absolute atomic E-state index is 6.50. The third-order valence-corrected chi connectivity index (χ3v) is 6.90. The lowest BCUT2D eigenvalue weighted by molar-refractivity contribution is -0.206. The van der Waals surface area contributed by atoms with Gasteiger partial charge in [0, 0.05) is 18.6 Å². The summed E-state index contributed by atoms with van der Waals surface area (Å²) in [5.74, 6) is 0.204. The van der Waals surface area contributed by atoms with Crippen LogP contribution in [0.15, 0.2) is 25.3 Å². The third-order valence-electron chi connectivity index (χ3n) is 6.90. The molecule has 31 heavy (non-hydrogen) atoms. The zero-order valence-electron chi connectivity index (χ0n) is 18.7. The fourth-order valence-corrected chi connectivity index (χ4v) is 5.31. The molecule has 168 valence electrons. The monoisotopic (exact) mass is 428 g/mol. The van der Waals surface area contributed by atoms with E-state index in [0.29, 0.717) is 41.6 Å². The predicted octanol–water partition coefficient (Wildman–Crippen LogP) is 2.29. The fraction of sp³-hybridized carbons (Fsp3) is 0.682. The third kappa shape index (κ3) is 3.26. The van der Waals surface area contributed by atoms with Gasteiger partial charge >= 0.3 is 0 Å². The van der Waals surface area contributed by atoms with Crippen molar-refractivity contribution in [1.82, 2.24) is 24.4 Å². The first-order chi connectivity index (χ1) is 14.7. The maximum Gasteiger partial charge on any atom is 0.203 e. The van der Waals surface area contributed by atoms with Crippen LogP contribution in [0.1, 0.15) is 40.5 Å². The highest BCUT2D eigenvalue weighted by Gasteiger charge is 2.63. The van der Waals surface area contributed by atoms with Crippen molar-refractivity contribution in [3.8, 4) is 0 Å². The van der Waals surface area contributed by atoms with Gasteiger partial charge in [-0.15, -0.1) is 6.58 Å². The summed E-state index contributed by atoms with van der Waals surface area (Å²) < 4.78 is 21.2. The topological polar surface area (TPSA) is 101 Å². The van der Waals surface area contributed by atoms with Gasteiger partial charge in [0.05, 0.1) is 12.9 Å². The number of anilines is 1. The van der Waals surface area contributed by atoms with Gasteiger partial charge in [-0.1, -0.05) is 6.08 Å². The van der Waals surface area contributed by atoms with E-state index >= 15 is 0 Å². The van der Waals surface area contributed by atoms with Crippen LogP contribution in [0.25, 0.3) is 11.2 Å². The molecule has 0 aromatic carbocycles. The number of fused-ring (bicyclic) bond motifs is 2. The molecule has 9 heteroatoms. The van der Waals surface area contributed by atoms with Crippen molar-refractivity contribution >= 4 is 17.0 Å². The van der Waals surface area contributed by atoms with Gasteiger partial charge in [0.2, 0.25) is 5.72 Å². The lowest BCUT2D eigenvalue weighted by atomic mass is 9.79. The van der Waals surface area contributed by atoms with Crippen LogP contribution in [0.4, 0.5) is 5.82 Å². The second kappa shape index (κ2) is 7.23. The minimum atomic E-state index is -0.852. The highest BCUT2D eigenvalue weighted by Crippen LogP contribution is 2.48. The van der Waals surface area contributed by atoms with Crippen LogP contribution >= 0.6 is 0 Å². The quantitative estimate of drug-likeness (QED) is 0.700. The Balaban J connectivity index is 1.46. The summed E-state index contributed by atoms with van der Waals surface area (Å²) in [5.41, 5.74) is 6.34. The molecule has 0 unspecified atom stereocenters. The normalized spacial score (nSPS) is 34.4. The van der Waals surface area contributed by atoms with E-state index in [2.05, 4.69) is 46.4 Å². The summed E-state index contributed by atoms with van der Waals surface area (Å²) in [7, 11) is 0. The van der Waals surface area contributed by atoms with Crippen LogP contribution in [0.5, 0.6) is 0 Å². The van der Waals surface area contributed by atoms with E-state index in [-0.39, 0.29) is 12.2 Å². The Kier molecular flexibility index (Phi) is 4.85. The summed E-state index contributed by atoms with van der Waals surface area (Å²) in [6.07, 6.45) is 7.09. The first-order valence-electron chi connectivity index (χ1n) is 11.1. The van der Waals surface area contributed by atoms with Crippen LogP contribution in [-0.2, 0) is 19.9 Å². The van der Waals surface area contributed by atoms with Crippen molar-refractivity contribution in [3.05, 3.63) is 25.3 Å². The molecule has 9 nitrogen and oxygen atoms in total. The summed E-state index contributed by atoms with van der Waals surface area (Å²) in [5, 5.41) is 0. The van der Waals surface area contributed by atoms with E-state index in [4.69, 9.17) is 19.9 Å². The van der Waals surface area contributed by atoms with Crippen molar-refractivity contribution in [3.63, 3.8) is 0 Å². The molecule has 1 aliphatic carbocycles. The van der Waals surface area contributed by atoms with Gasteiger partial charge in [0.15, 0.2) is 17.3 Å². The molecular formula is C22H32N6O3. The Morgan fingerprint density at radius 3 is 2.81 bits per heavy atom. The molecular weight excluding hydrogens is 396 g/mol. The molecule has 0 amide bonds. The first kappa shape index (κ1) is 20.8. The van der Waals surface area contributed by atoms with E-state index in [1.54, 1.807) is 6.33 Å². The van der Waals surface area contributed by atoms with Crippen LogP contribution in [-0.4, -0.2) is 67.6 Å². The summed E-state index contributed by atoms with van der Waals surface area (Å²) in [4.78, 5) is 15.5. The van der Waals surface area contributed by atoms with Gasteiger partial charge in [0.25, 0.3) is 0 Å². The number of rotatable bonds is 6. The predicted molar refractivity (Wildman–Crippen MR) is 116 cm³/mol. The highest BCUT2D eigenvalue weighted by atomic mass is 16.8. The standard InChI is InChI=1S/C22H32N6O3/c1-6-14-7-15(8-14)27(13(2)3)9-16-18-22(10-29-16,31-21(4,5)30-18)28-12-26-17-19(23)24-11-25-20(17)28/h6,11-16,18H,1,7-10H2,2-5H3,(H2,23,24,25)/t14-,15+,16-,18-,22+/m1/s1. The van der Waals surface area contributed by atoms with Gasteiger partial charge in [-0.05, 0) is 46.5 Å². The molecule has 2 N–H and O–H groups in total. The van der Waals surface area contributed by atoms with E-state index < -0.39 is 11.5 Å². The minimum Gasteiger partial charge on any atom is -0.382 e. The summed E-state index contributed by atoms with van der Waals surface area (Å²) in [6, 6.07) is 0.949. The summed E-state index contributed by atoms with van der Waals surface area (Å²) in [6.45, 7) is 13.4. The number of hydrogen-bond acceptors (Lipinski definition) is 8. The summed E-state index contributed by atoms with van der Waals surface area (Å²) >= 11 is 0. The Labute approximate surface area is 182 Å². The smallest absolute Gasteiger partial charge is 0.203 e. The Hall–Kier alpha value is -2.07. The van der Waals surface area contributed by atoms with Crippen molar-refractivity contribution in [1.29, 1.82) is 0 Å². The molecule has 2 aromatic rings. The number of hydrogen-bond donors (Lipinski definition) is 1. The molecule has 4 heterocycles. The van der Waals surface area contributed by atoms with E-state index in [9.17, 15) is 0 Å². The first-order valence-corrected chi connectivity index (χ1v) is 11.1. The second-order valence-electron chi connectivity index (χ2n) is 9.69. The van der Waals surface area contributed by atoms with Crippen molar-refractivity contribution in [2.75, 3.05) is 18.9 Å². The highest BCUT2D eigenvalue weighted by molar-refractivity contribution is 5.81. The van der Waals surface area contributed by atoms with Gasteiger partial charge in [-0.3, -0.25) is 9.47 Å². The van der Waals surface area contributed by atoms with Crippen LogP contribution < -0.4 is 5.73 Å². The SMILES string of the molecule is C=C[C@H]1C[C@@H](N(C[C@H]2OC[C@]3(n4cnc5c(N)ncnc54)OC(C)(C)O[C@H]23)C(C)C)C1. The zero-order chi connectivity index (χ0) is 22.0. The maximum atomic E-state index is 6.50. The molecule has 0 bridgehead atoms. The number of ether oxygens (including phenoxy) is 3. The molecule has 0 spiro atoms. The molecule has 1 saturated carbocycles. The largest absolute Gasteiger partial charge is 0.382 e. The number of nitrogens with two attached hydrogens (primary N) is 1. The zero-order valence-corrected chi connectivity index (χ0v) is 18.7. The lowest BCUT2D eigenvalue weighted by Crippen LogP contribution is -2.53. The van der Waals surface area contributed by atoms with Gasteiger partial charge < -0.3 is 19.9 Å². The van der Waals surface area contributed by atoms with Crippen molar-refractivity contribution in [2.24, 2.45) is 5.92 Å². The van der Waals surface area contributed by atoms with E-state index in [1.165, 1.54) is 6.33 Å². The average Bonchev–Trinajstić information content (AvgIpc) is 3.31. The fourth-order valence-electron chi connectivity index (χ4n) is 5.31. The number of aromatic nitrogens is 4. The molecule has 2 aliphatic heterocycles.